The molecule has 0 bridgehead atoms. The normalized spacial score (nSPS) is 20.0. The second kappa shape index (κ2) is 3.45. The molecule has 1 aliphatic rings. The Morgan fingerprint density at radius 2 is 2.42 bits per heavy atom. The van der Waals surface area contributed by atoms with Crippen LogP contribution in [0, 0.1) is 0 Å². The van der Waals surface area contributed by atoms with Crippen molar-refractivity contribution in [2.24, 2.45) is 0 Å². The van der Waals surface area contributed by atoms with Gasteiger partial charge in [0.15, 0.2) is 0 Å². The van der Waals surface area contributed by atoms with E-state index in [9.17, 15) is 13.5 Å². The second-order valence-electron chi connectivity index (χ2n) is 2.92. The summed E-state index contributed by atoms with van der Waals surface area (Å²) in [6.45, 7) is 0.538. The Kier molecular flexibility index (Phi) is 2.74. The lowest BCUT2D eigenvalue weighted by atomic mass is 10.1. The molecule has 1 N–H and O–H groups in total. The number of hydrogen-bond donors (Lipinski definition) is 1. The number of hydrogen-bond acceptors (Lipinski definition) is 4. The van der Waals surface area contributed by atoms with Crippen LogP contribution in [0.15, 0.2) is 11.8 Å². The van der Waals surface area contributed by atoms with Crippen molar-refractivity contribution < 1.29 is 18.3 Å². The van der Waals surface area contributed by atoms with Crippen LogP contribution >= 0.6 is 0 Å². The smallest absolute Gasteiger partial charge is 0.150 e. The molecule has 1 unspecified atom stereocenters. The maximum Gasteiger partial charge on any atom is 0.150 e. The molecular formula is C7H12O4S. The van der Waals surface area contributed by atoms with Crippen molar-refractivity contribution in [1.29, 1.82) is 0 Å². The van der Waals surface area contributed by atoms with Crippen LogP contribution in [0.5, 0.6) is 0 Å². The van der Waals surface area contributed by atoms with Gasteiger partial charge in [0.05, 0.1) is 24.7 Å². The fourth-order valence-corrected chi connectivity index (χ4v) is 1.83. The maximum absolute atomic E-state index is 10.8. The third-order valence-electron chi connectivity index (χ3n) is 1.63. The molecule has 0 radical (unpaired) electrons. The predicted molar refractivity (Wildman–Crippen MR) is 44.4 cm³/mol. The van der Waals surface area contributed by atoms with E-state index in [-0.39, 0.29) is 5.75 Å². The quantitative estimate of drug-likeness (QED) is 0.666. The van der Waals surface area contributed by atoms with Gasteiger partial charge in [0.25, 0.3) is 0 Å². The van der Waals surface area contributed by atoms with Crippen LogP contribution in [0.1, 0.15) is 6.42 Å². The molecule has 1 rings (SSSR count). The Balaban J connectivity index is 2.54. The largest absolute Gasteiger partial charge is 0.501 e. The molecule has 1 aliphatic heterocycles. The van der Waals surface area contributed by atoms with Crippen LogP contribution in [0.4, 0.5) is 0 Å². The highest BCUT2D eigenvalue weighted by Crippen LogP contribution is 2.15. The van der Waals surface area contributed by atoms with Gasteiger partial charge in [-0.2, -0.15) is 0 Å². The molecule has 0 saturated heterocycles. The molecule has 1 heterocycles. The van der Waals surface area contributed by atoms with Crippen molar-refractivity contribution in [1.82, 2.24) is 0 Å². The summed E-state index contributed by atoms with van der Waals surface area (Å²) in [7, 11) is -3.11. The van der Waals surface area contributed by atoms with Gasteiger partial charge >= 0.3 is 0 Å². The zero-order valence-corrected chi connectivity index (χ0v) is 7.67. The highest BCUT2D eigenvalue weighted by atomic mass is 32.2. The number of ether oxygens (including phenoxy) is 1. The van der Waals surface area contributed by atoms with Crippen LogP contribution in [0.2, 0.25) is 0 Å². The third kappa shape index (κ3) is 2.83. The fraction of sp³-hybridized carbons (Fsp3) is 0.714. The molecule has 0 spiro atoms. The van der Waals surface area contributed by atoms with Crippen molar-refractivity contribution >= 4 is 9.84 Å². The van der Waals surface area contributed by atoms with Crippen molar-refractivity contribution in [3.8, 4) is 0 Å². The summed E-state index contributed by atoms with van der Waals surface area (Å²) in [6, 6.07) is 0. The summed E-state index contributed by atoms with van der Waals surface area (Å²) in [6.07, 6.45) is 2.27. The lowest BCUT2D eigenvalue weighted by Gasteiger charge is -2.07. The molecule has 0 aromatic carbocycles. The van der Waals surface area contributed by atoms with Crippen LogP contribution in [-0.2, 0) is 14.6 Å². The van der Waals surface area contributed by atoms with Crippen molar-refractivity contribution in [3.05, 3.63) is 11.8 Å². The predicted octanol–water partition coefficient (Wildman–Crippen LogP) is -0.304. The zero-order chi connectivity index (χ0) is 9.19. The first-order valence-corrected chi connectivity index (χ1v) is 5.71. The van der Waals surface area contributed by atoms with Gasteiger partial charge in [-0.05, 0) is 5.57 Å². The Bertz CT molecular complexity index is 278. The first-order valence-electron chi connectivity index (χ1n) is 3.65. The molecule has 0 aromatic rings. The van der Waals surface area contributed by atoms with E-state index in [0.29, 0.717) is 18.6 Å². The van der Waals surface area contributed by atoms with E-state index in [1.807, 2.05) is 0 Å². The monoisotopic (exact) mass is 192 g/mol. The molecule has 0 fully saturated rings. The summed E-state index contributed by atoms with van der Waals surface area (Å²) < 4.78 is 26.4. The van der Waals surface area contributed by atoms with E-state index in [1.165, 1.54) is 6.26 Å². The second-order valence-corrected chi connectivity index (χ2v) is 5.11. The average molecular weight is 192 g/mol. The van der Waals surface area contributed by atoms with Crippen LogP contribution in [0.3, 0.4) is 0 Å². The number of aliphatic hydroxyl groups excluding tert-OH is 1. The average Bonchev–Trinajstić information content (AvgIpc) is 2.32. The SMILES string of the molecule is CS(=O)(=O)CC(O)C1=COCC1. The molecule has 1 atom stereocenters. The molecular weight excluding hydrogens is 180 g/mol. The number of aliphatic hydroxyl groups is 1. The summed E-state index contributed by atoms with van der Waals surface area (Å²) in [5, 5.41) is 9.36. The lowest BCUT2D eigenvalue weighted by Crippen LogP contribution is -2.21. The van der Waals surface area contributed by atoms with Crippen LogP contribution in [-0.4, -0.2) is 38.2 Å². The van der Waals surface area contributed by atoms with E-state index >= 15 is 0 Å². The van der Waals surface area contributed by atoms with Gasteiger partial charge in [0.1, 0.15) is 9.84 Å². The highest BCUT2D eigenvalue weighted by molar-refractivity contribution is 7.90. The van der Waals surface area contributed by atoms with Gasteiger partial charge in [-0.1, -0.05) is 0 Å². The molecule has 0 saturated carbocycles. The summed E-state index contributed by atoms with van der Waals surface area (Å²) >= 11 is 0. The first kappa shape index (κ1) is 9.54. The van der Waals surface area contributed by atoms with E-state index in [2.05, 4.69) is 0 Å². The van der Waals surface area contributed by atoms with Crippen molar-refractivity contribution in [3.63, 3.8) is 0 Å². The Morgan fingerprint density at radius 3 is 2.83 bits per heavy atom. The van der Waals surface area contributed by atoms with Gasteiger partial charge in [0.2, 0.25) is 0 Å². The van der Waals surface area contributed by atoms with E-state index in [4.69, 9.17) is 4.74 Å². The fourth-order valence-electron chi connectivity index (χ4n) is 1.04. The highest BCUT2D eigenvalue weighted by Gasteiger charge is 2.19. The van der Waals surface area contributed by atoms with Crippen molar-refractivity contribution in [2.45, 2.75) is 12.5 Å². The van der Waals surface area contributed by atoms with Gasteiger partial charge in [0, 0.05) is 12.7 Å². The summed E-state index contributed by atoms with van der Waals surface area (Å²) in [5.41, 5.74) is 0.667. The molecule has 12 heavy (non-hydrogen) atoms. The minimum atomic E-state index is -3.11. The molecule has 70 valence electrons. The Hall–Kier alpha value is -0.550. The maximum atomic E-state index is 10.8. The van der Waals surface area contributed by atoms with Crippen LogP contribution < -0.4 is 0 Å². The number of rotatable bonds is 3. The molecule has 0 amide bonds. The molecule has 4 nitrogen and oxygen atoms in total. The molecule has 0 aromatic heterocycles. The topological polar surface area (TPSA) is 63.6 Å². The van der Waals surface area contributed by atoms with Gasteiger partial charge in [-0.15, -0.1) is 0 Å². The third-order valence-corrected chi connectivity index (χ3v) is 2.55. The summed E-state index contributed by atoms with van der Waals surface area (Å²) in [5.74, 6) is -0.220. The van der Waals surface area contributed by atoms with E-state index in [0.717, 1.165) is 6.26 Å². The molecule has 5 heteroatoms. The van der Waals surface area contributed by atoms with E-state index < -0.39 is 15.9 Å². The Morgan fingerprint density at radius 1 is 1.75 bits per heavy atom. The molecule has 0 aliphatic carbocycles. The minimum absolute atomic E-state index is 0.220. The van der Waals surface area contributed by atoms with Crippen LogP contribution in [0.25, 0.3) is 0 Å². The first-order chi connectivity index (χ1) is 5.49. The van der Waals surface area contributed by atoms with Gasteiger partial charge in [-0.3, -0.25) is 0 Å². The van der Waals surface area contributed by atoms with Crippen molar-refractivity contribution in [2.75, 3.05) is 18.6 Å². The minimum Gasteiger partial charge on any atom is -0.501 e. The van der Waals surface area contributed by atoms with Gasteiger partial charge in [-0.25, -0.2) is 8.42 Å². The zero-order valence-electron chi connectivity index (χ0n) is 6.86. The summed E-state index contributed by atoms with van der Waals surface area (Å²) in [4.78, 5) is 0. The standard InChI is InChI=1S/C7H12O4S/c1-12(9,10)5-7(8)6-2-3-11-4-6/h4,7-8H,2-3,5H2,1H3. The number of sulfone groups is 1. The van der Waals surface area contributed by atoms with Gasteiger partial charge < -0.3 is 9.84 Å². The van der Waals surface area contributed by atoms with E-state index in [1.54, 1.807) is 0 Å². The Labute approximate surface area is 71.8 Å². The lowest BCUT2D eigenvalue weighted by molar-refractivity contribution is 0.231.